The number of rotatable bonds is 6. The number of hydrogen-bond donors (Lipinski definition) is 2. The van der Waals surface area contributed by atoms with E-state index in [1.165, 1.54) is 24.3 Å². The maximum atomic E-state index is 13.0. The van der Waals surface area contributed by atoms with Gasteiger partial charge in [0.1, 0.15) is 6.04 Å². The Balaban J connectivity index is 0.00000263. The molecule has 0 aromatic rings. The normalized spacial score (nSPS) is 21.2. The number of aliphatic carboxylic acids is 1. The van der Waals surface area contributed by atoms with E-state index in [0.29, 0.717) is 6.04 Å². The summed E-state index contributed by atoms with van der Waals surface area (Å²) in [6.07, 6.45) is 5.60. The SMILES string of the molecule is C/C(=C\CN(C)C(=O)C(NC(=O)C1CCCC(C)N1C)C(C)(C)C)C(=O)O.CCC. The maximum Gasteiger partial charge on any atom is 0.331 e. The van der Waals surface area contributed by atoms with E-state index in [-0.39, 0.29) is 30.0 Å². The van der Waals surface area contributed by atoms with Crippen LogP contribution in [0.15, 0.2) is 11.6 Å². The summed E-state index contributed by atoms with van der Waals surface area (Å²) in [4.78, 5) is 40.3. The van der Waals surface area contributed by atoms with E-state index in [1.54, 1.807) is 7.05 Å². The van der Waals surface area contributed by atoms with Gasteiger partial charge in [0.15, 0.2) is 0 Å². The lowest BCUT2D eigenvalue weighted by Gasteiger charge is -2.39. The first-order chi connectivity index (χ1) is 13.8. The lowest BCUT2D eigenvalue weighted by molar-refractivity contribution is -0.140. The highest BCUT2D eigenvalue weighted by Crippen LogP contribution is 2.24. The van der Waals surface area contributed by atoms with Gasteiger partial charge in [-0.2, -0.15) is 0 Å². The van der Waals surface area contributed by atoms with Crippen LogP contribution in [0.2, 0.25) is 0 Å². The van der Waals surface area contributed by atoms with Gasteiger partial charge in [0.25, 0.3) is 0 Å². The van der Waals surface area contributed by atoms with E-state index in [2.05, 4.69) is 31.0 Å². The smallest absolute Gasteiger partial charge is 0.331 e. The average Bonchev–Trinajstić information content (AvgIpc) is 2.64. The molecule has 1 rings (SSSR count). The van der Waals surface area contributed by atoms with Gasteiger partial charge in [-0.3, -0.25) is 14.5 Å². The van der Waals surface area contributed by atoms with Gasteiger partial charge < -0.3 is 15.3 Å². The topological polar surface area (TPSA) is 90.0 Å². The highest BCUT2D eigenvalue weighted by Gasteiger charge is 2.38. The monoisotopic (exact) mass is 425 g/mol. The fourth-order valence-electron chi connectivity index (χ4n) is 3.20. The number of likely N-dealkylation sites (N-methyl/N-ethyl adjacent to an activating group) is 2. The molecule has 1 heterocycles. The van der Waals surface area contributed by atoms with Gasteiger partial charge in [0, 0.05) is 25.2 Å². The van der Waals surface area contributed by atoms with Crippen LogP contribution in [-0.4, -0.2) is 71.5 Å². The Kier molecular flexibility index (Phi) is 11.9. The summed E-state index contributed by atoms with van der Waals surface area (Å²) in [5, 5.41) is 11.9. The van der Waals surface area contributed by atoms with Crippen LogP contribution in [0.4, 0.5) is 0 Å². The molecule has 0 spiro atoms. The van der Waals surface area contributed by atoms with E-state index < -0.39 is 17.4 Å². The van der Waals surface area contributed by atoms with Gasteiger partial charge in [-0.1, -0.05) is 47.1 Å². The van der Waals surface area contributed by atoms with E-state index >= 15 is 0 Å². The average molecular weight is 426 g/mol. The van der Waals surface area contributed by atoms with Crippen molar-refractivity contribution in [1.29, 1.82) is 0 Å². The number of carboxylic acids is 1. The number of amides is 2. The third kappa shape index (κ3) is 8.86. The van der Waals surface area contributed by atoms with Crippen LogP contribution in [0.1, 0.15) is 74.1 Å². The van der Waals surface area contributed by atoms with Gasteiger partial charge >= 0.3 is 5.97 Å². The number of carbonyl (C=O) groups is 3. The Labute approximate surface area is 182 Å². The van der Waals surface area contributed by atoms with Crippen molar-refractivity contribution in [3.63, 3.8) is 0 Å². The number of nitrogens with one attached hydrogen (secondary N) is 1. The first kappa shape index (κ1) is 28.1. The summed E-state index contributed by atoms with van der Waals surface area (Å²) in [5.74, 6) is -1.36. The van der Waals surface area contributed by atoms with E-state index in [9.17, 15) is 14.4 Å². The largest absolute Gasteiger partial charge is 0.478 e. The molecule has 174 valence electrons. The molecule has 30 heavy (non-hydrogen) atoms. The van der Waals surface area contributed by atoms with E-state index in [4.69, 9.17) is 5.11 Å². The van der Waals surface area contributed by atoms with Gasteiger partial charge in [-0.15, -0.1) is 0 Å². The first-order valence-corrected chi connectivity index (χ1v) is 10.9. The van der Waals surface area contributed by atoms with Crippen molar-refractivity contribution in [3.8, 4) is 0 Å². The molecule has 2 amide bonds. The molecular formula is C23H43N3O4. The Hall–Kier alpha value is -1.89. The van der Waals surface area contributed by atoms with Gasteiger partial charge in [0.2, 0.25) is 11.8 Å². The summed E-state index contributed by atoms with van der Waals surface area (Å²) in [7, 11) is 3.57. The lowest BCUT2D eigenvalue weighted by atomic mass is 9.85. The highest BCUT2D eigenvalue weighted by molar-refractivity contribution is 5.90. The zero-order chi connectivity index (χ0) is 23.6. The van der Waals surface area contributed by atoms with Crippen LogP contribution >= 0.6 is 0 Å². The molecular weight excluding hydrogens is 382 g/mol. The molecule has 7 heteroatoms. The lowest BCUT2D eigenvalue weighted by Crippen LogP contribution is -2.59. The Morgan fingerprint density at radius 3 is 2.23 bits per heavy atom. The molecule has 0 radical (unpaired) electrons. The quantitative estimate of drug-likeness (QED) is 0.637. The van der Waals surface area contributed by atoms with Crippen LogP contribution in [0.25, 0.3) is 0 Å². The third-order valence-corrected chi connectivity index (χ3v) is 5.37. The minimum absolute atomic E-state index is 0.122. The predicted octanol–water partition coefficient (Wildman–Crippen LogP) is 3.30. The van der Waals surface area contributed by atoms with Gasteiger partial charge in [-0.05, 0) is 45.6 Å². The van der Waals surface area contributed by atoms with Crippen molar-refractivity contribution in [1.82, 2.24) is 15.1 Å². The molecule has 0 bridgehead atoms. The molecule has 0 aromatic carbocycles. The first-order valence-electron chi connectivity index (χ1n) is 10.9. The molecule has 1 aliphatic rings. The number of nitrogens with zero attached hydrogens (tertiary/aromatic N) is 2. The number of carbonyl (C=O) groups excluding carboxylic acids is 2. The molecule has 1 aliphatic heterocycles. The molecule has 0 aliphatic carbocycles. The number of hydrogen-bond acceptors (Lipinski definition) is 4. The second-order valence-electron chi connectivity index (χ2n) is 9.39. The van der Waals surface area contributed by atoms with E-state index in [0.717, 1.165) is 19.3 Å². The fourth-order valence-corrected chi connectivity index (χ4v) is 3.20. The summed E-state index contributed by atoms with van der Waals surface area (Å²) >= 11 is 0. The minimum atomic E-state index is -1.01. The number of likely N-dealkylation sites (tertiary alicyclic amines) is 1. The summed E-state index contributed by atoms with van der Waals surface area (Å²) in [6, 6.07) is -0.574. The molecule has 3 atom stereocenters. The van der Waals surface area contributed by atoms with Crippen molar-refractivity contribution in [2.75, 3.05) is 20.6 Å². The second-order valence-corrected chi connectivity index (χ2v) is 9.39. The summed E-state index contributed by atoms with van der Waals surface area (Å²) in [5.41, 5.74) is -0.283. The maximum absolute atomic E-state index is 13.0. The zero-order valence-corrected chi connectivity index (χ0v) is 20.4. The Bertz CT molecular complexity index is 610. The van der Waals surface area contributed by atoms with Crippen molar-refractivity contribution in [3.05, 3.63) is 11.6 Å². The van der Waals surface area contributed by atoms with Gasteiger partial charge in [-0.25, -0.2) is 4.79 Å². The van der Waals surface area contributed by atoms with Crippen LogP contribution in [0.5, 0.6) is 0 Å². The molecule has 0 saturated carbocycles. The predicted molar refractivity (Wildman–Crippen MR) is 121 cm³/mol. The number of carboxylic acid groups (broad SMARTS) is 1. The Morgan fingerprint density at radius 2 is 1.77 bits per heavy atom. The molecule has 1 saturated heterocycles. The number of piperidine rings is 1. The summed E-state index contributed by atoms with van der Waals surface area (Å²) in [6.45, 7) is 13.8. The van der Waals surface area contributed by atoms with Crippen LogP contribution < -0.4 is 5.32 Å². The highest BCUT2D eigenvalue weighted by atomic mass is 16.4. The van der Waals surface area contributed by atoms with Crippen molar-refractivity contribution in [2.24, 2.45) is 5.41 Å². The van der Waals surface area contributed by atoms with Crippen LogP contribution in [0.3, 0.4) is 0 Å². The zero-order valence-electron chi connectivity index (χ0n) is 20.4. The van der Waals surface area contributed by atoms with Crippen LogP contribution in [-0.2, 0) is 14.4 Å². The standard InChI is InChI=1S/C20H35N3O4.C3H8/c1-13(19(26)27)11-12-22(6)18(25)16(20(3,4)5)21-17(24)15-10-8-9-14(2)23(15)7;1-3-2/h11,14-16H,8-10,12H2,1-7H3,(H,21,24)(H,26,27);3H2,1-2H3/b13-11+;. The molecule has 0 aromatic heterocycles. The molecule has 3 unspecified atom stereocenters. The molecule has 1 fully saturated rings. The third-order valence-electron chi connectivity index (χ3n) is 5.37. The van der Waals surface area contributed by atoms with Crippen molar-refractivity contribution < 1.29 is 19.5 Å². The second kappa shape index (κ2) is 12.7. The van der Waals surface area contributed by atoms with Gasteiger partial charge in [0.05, 0.1) is 6.04 Å². The minimum Gasteiger partial charge on any atom is -0.478 e. The fraction of sp³-hybridized carbons (Fsp3) is 0.783. The Morgan fingerprint density at radius 1 is 1.23 bits per heavy atom. The van der Waals surface area contributed by atoms with E-state index in [1.807, 2.05) is 27.8 Å². The van der Waals surface area contributed by atoms with Crippen LogP contribution in [0, 0.1) is 5.41 Å². The molecule has 2 N–H and O–H groups in total. The molecule has 7 nitrogen and oxygen atoms in total. The summed E-state index contributed by atoms with van der Waals surface area (Å²) < 4.78 is 0. The van der Waals surface area contributed by atoms with Crippen molar-refractivity contribution in [2.45, 2.75) is 92.3 Å². The van der Waals surface area contributed by atoms with Crippen molar-refractivity contribution >= 4 is 17.8 Å².